The van der Waals surface area contributed by atoms with Crippen LogP contribution in [0, 0.1) is 4.77 Å². The quantitative estimate of drug-likeness (QED) is 0.699. The smallest absolute Gasteiger partial charge is 0.178 e. The summed E-state index contributed by atoms with van der Waals surface area (Å²) in [6.07, 6.45) is 3.33. The summed E-state index contributed by atoms with van der Waals surface area (Å²) < 4.78 is 7.64. The van der Waals surface area contributed by atoms with Gasteiger partial charge in [-0.05, 0) is 30.4 Å². The monoisotopic (exact) mass is 298 g/mol. The lowest BCUT2D eigenvalue weighted by atomic mass is 10.3. The van der Waals surface area contributed by atoms with Crippen molar-refractivity contribution in [3.05, 3.63) is 51.1 Å². The van der Waals surface area contributed by atoms with Crippen molar-refractivity contribution >= 4 is 46.5 Å². The van der Waals surface area contributed by atoms with Crippen LogP contribution in [0.25, 0.3) is 11.0 Å². The van der Waals surface area contributed by atoms with E-state index in [-0.39, 0.29) is 0 Å². The number of aromatic nitrogens is 2. The third-order valence-electron chi connectivity index (χ3n) is 2.74. The molecule has 3 rings (SSSR count). The van der Waals surface area contributed by atoms with E-state index in [0.717, 1.165) is 16.6 Å². The van der Waals surface area contributed by atoms with Crippen molar-refractivity contribution in [2.24, 2.45) is 0 Å². The lowest BCUT2D eigenvalue weighted by Gasteiger charge is -2.03. The van der Waals surface area contributed by atoms with Gasteiger partial charge in [-0.3, -0.25) is 0 Å². The fourth-order valence-corrected chi connectivity index (χ4v) is 2.47. The average Bonchev–Trinajstić information content (AvgIpc) is 2.92. The van der Waals surface area contributed by atoms with E-state index in [4.69, 9.17) is 39.8 Å². The summed E-state index contributed by atoms with van der Waals surface area (Å²) in [6, 6.07) is 5.49. The normalized spacial score (nSPS) is 11.2. The Morgan fingerprint density at radius 2 is 2.06 bits per heavy atom. The third kappa shape index (κ3) is 1.96. The Kier molecular flexibility index (Phi) is 2.93. The molecule has 0 saturated heterocycles. The fraction of sp³-hybridized carbons (Fsp3) is 0.0833. The molecule has 1 aromatic carbocycles. The molecule has 0 bridgehead atoms. The summed E-state index contributed by atoms with van der Waals surface area (Å²) in [6.45, 7) is 0.632. The maximum Gasteiger partial charge on any atom is 0.178 e. The number of benzene rings is 1. The number of fused-ring (bicyclic) bond motifs is 1. The first-order chi connectivity index (χ1) is 8.65. The second kappa shape index (κ2) is 4.46. The highest BCUT2D eigenvalue weighted by Gasteiger charge is 2.09. The van der Waals surface area contributed by atoms with E-state index < -0.39 is 0 Å². The molecule has 0 aliphatic heterocycles. The van der Waals surface area contributed by atoms with Crippen molar-refractivity contribution in [3.63, 3.8) is 0 Å². The number of H-pyrrole nitrogens is 1. The molecular formula is C12H8Cl2N2OS. The van der Waals surface area contributed by atoms with Crippen LogP contribution >= 0.6 is 35.4 Å². The number of furan rings is 1. The Morgan fingerprint density at radius 3 is 2.78 bits per heavy atom. The number of nitrogens with one attached hydrogen (secondary N) is 1. The number of aromatic amines is 1. The molecule has 0 amide bonds. The predicted octanol–water partition coefficient (Wildman–Crippen LogP) is 4.65. The molecule has 0 radical (unpaired) electrons. The van der Waals surface area contributed by atoms with E-state index in [1.807, 2.05) is 16.7 Å². The first-order valence-corrected chi connectivity index (χ1v) is 6.40. The molecule has 2 aromatic heterocycles. The van der Waals surface area contributed by atoms with Gasteiger partial charge in [0.05, 0.1) is 40.1 Å². The molecule has 3 aromatic rings. The van der Waals surface area contributed by atoms with E-state index >= 15 is 0 Å². The first kappa shape index (κ1) is 11.8. The molecule has 2 heterocycles. The van der Waals surface area contributed by atoms with Crippen LogP contribution in [0.4, 0.5) is 0 Å². The predicted molar refractivity (Wildman–Crippen MR) is 75.0 cm³/mol. The van der Waals surface area contributed by atoms with Crippen LogP contribution in [0.2, 0.25) is 10.0 Å². The van der Waals surface area contributed by atoms with Crippen LogP contribution in [0.3, 0.4) is 0 Å². The summed E-state index contributed by atoms with van der Waals surface area (Å²) in [5.74, 6) is 0. The van der Waals surface area contributed by atoms with Crippen LogP contribution in [0.15, 0.2) is 35.1 Å². The summed E-state index contributed by atoms with van der Waals surface area (Å²) in [5, 5.41) is 1.02. The second-order valence-electron chi connectivity index (χ2n) is 3.93. The molecule has 0 atom stereocenters. The highest BCUT2D eigenvalue weighted by atomic mass is 35.5. The van der Waals surface area contributed by atoms with Crippen LogP contribution in [-0.4, -0.2) is 9.55 Å². The summed E-state index contributed by atoms with van der Waals surface area (Å²) in [5.41, 5.74) is 2.84. The summed E-state index contributed by atoms with van der Waals surface area (Å²) in [4.78, 5) is 3.11. The Labute approximate surface area is 118 Å². The SMILES string of the molecule is S=c1[nH]c2cc(Cl)c(Cl)cc2n1Cc1ccoc1. The lowest BCUT2D eigenvalue weighted by Crippen LogP contribution is -1.98. The minimum Gasteiger partial charge on any atom is -0.472 e. The van der Waals surface area contributed by atoms with Gasteiger partial charge in [0, 0.05) is 5.56 Å². The zero-order valence-corrected chi connectivity index (χ0v) is 11.4. The molecule has 0 unspecified atom stereocenters. The molecule has 3 nitrogen and oxygen atoms in total. The molecule has 92 valence electrons. The van der Waals surface area contributed by atoms with Crippen molar-refractivity contribution < 1.29 is 4.42 Å². The topological polar surface area (TPSA) is 33.9 Å². The van der Waals surface area contributed by atoms with Gasteiger partial charge >= 0.3 is 0 Å². The van der Waals surface area contributed by atoms with E-state index in [2.05, 4.69) is 4.98 Å². The number of hydrogen-bond acceptors (Lipinski definition) is 2. The van der Waals surface area contributed by atoms with Gasteiger partial charge in [0.1, 0.15) is 0 Å². The van der Waals surface area contributed by atoms with E-state index in [0.29, 0.717) is 21.4 Å². The average molecular weight is 299 g/mol. The van der Waals surface area contributed by atoms with Crippen LogP contribution in [-0.2, 0) is 6.54 Å². The van der Waals surface area contributed by atoms with Crippen LogP contribution in [0.1, 0.15) is 5.56 Å². The van der Waals surface area contributed by atoms with Gasteiger partial charge in [0.15, 0.2) is 4.77 Å². The van der Waals surface area contributed by atoms with Crippen molar-refractivity contribution in [2.75, 3.05) is 0 Å². The molecule has 0 saturated carbocycles. The molecule has 0 aliphatic carbocycles. The highest BCUT2D eigenvalue weighted by Crippen LogP contribution is 2.28. The van der Waals surface area contributed by atoms with Gasteiger partial charge < -0.3 is 14.0 Å². The maximum absolute atomic E-state index is 6.04. The van der Waals surface area contributed by atoms with Gasteiger partial charge in [0.2, 0.25) is 0 Å². The number of rotatable bonds is 2. The largest absolute Gasteiger partial charge is 0.472 e. The van der Waals surface area contributed by atoms with Gasteiger partial charge in [0.25, 0.3) is 0 Å². The second-order valence-corrected chi connectivity index (χ2v) is 5.13. The van der Waals surface area contributed by atoms with E-state index in [1.165, 1.54) is 0 Å². The Hall–Kier alpha value is -1.23. The standard InChI is InChI=1S/C12H8Cl2N2OS/c13-8-3-10-11(4-9(8)14)16(12(18)15-10)5-7-1-2-17-6-7/h1-4,6H,5H2,(H,15,18). The third-order valence-corrected chi connectivity index (χ3v) is 3.78. The molecular weight excluding hydrogens is 291 g/mol. The molecule has 0 fully saturated rings. The molecule has 18 heavy (non-hydrogen) atoms. The van der Waals surface area contributed by atoms with Gasteiger partial charge in [-0.2, -0.15) is 0 Å². The molecule has 0 spiro atoms. The van der Waals surface area contributed by atoms with Crippen molar-refractivity contribution in [1.29, 1.82) is 0 Å². The van der Waals surface area contributed by atoms with Crippen LogP contribution < -0.4 is 0 Å². The van der Waals surface area contributed by atoms with Gasteiger partial charge in [-0.15, -0.1) is 0 Å². The minimum absolute atomic E-state index is 0.510. The number of imidazole rings is 1. The van der Waals surface area contributed by atoms with Gasteiger partial charge in [-0.1, -0.05) is 23.2 Å². The van der Waals surface area contributed by atoms with Crippen molar-refractivity contribution in [3.8, 4) is 0 Å². The zero-order valence-electron chi connectivity index (χ0n) is 9.11. The minimum atomic E-state index is 0.510. The Bertz CT molecular complexity index is 758. The lowest BCUT2D eigenvalue weighted by molar-refractivity contribution is 0.562. The van der Waals surface area contributed by atoms with E-state index in [1.54, 1.807) is 18.6 Å². The van der Waals surface area contributed by atoms with Crippen LogP contribution in [0.5, 0.6) is 0 Å². The summed E-state index contributed by atoms with van der Waals surface area (Å²) in [7, 11) is 0. The summed E-state index contributed by atoms with van der Waals surface area (Å²) >= 11 is 17.3. The molecule has 0 aliphatic rings. The van der Waals surface area contributed by atoms with Gasteiger partial charge in [-0.25, -0.2) is 0 Å². The Balaban J connectivity index is 2.19. The van der Waals surface area contributed by atoms with Crippen molar-refractivity contribution in [2.45, 2.75) is 6.54 Å². The Morgan fingerprint density at radius 1 is 1.28 bits per heavy atom. The molecule has 6 heteroatoms. The number of nitrogens with zero attached hydrogens (tertiary/aromatic N) is 1. The first-order valence-electron chi connectivity index (χ1n) is 5.24. The fourth-order valence-electron chi connectivity index (χ4n) is 1.87. The number of hydrogen-bond donors (Lipinski definition) is 1. The molecule has 1 N–H and O–H groups in total. The maximum atomic E-state index is 6.04. The highest BCUT2D eigenvalue weighted by molar-refractivity contribution is 7.71. The van der Waals surface area contributed by atoms with Crippen molar-refractivity contribution in [1.82, 2.24) is 9.55 Å². The number of halogens is 2. The van der Waals surface area contributed by atoms with E-state index in [9.17, 15) is 0 Å². The zero-order chi connectivity index (χ0) is 12.7.